The largest absolute Gasteiger partial charge is 0.383 e. The van der Waals surface area contributed by atoms with Crippen LogP contribution in [-0.4, -0.2) is 29.3 Å². The average molecular weight is 285 g/mol. The molecule has 2 heterocycles. The Hall–Kier alpha value is -1.17. The summed E-state index contributed by atoms with van der Waals surface area (Å²) in [6.45, 7) is 1.02. The van der Waals surface area contributed by atoms with Gasteiger partial charge in [0.1, 0.15) is 5.69 Å². The first-order valence-electron chi connectivity index (χ1n) is 5.47. The summed E-state index contributed by atoms with van der Waals surface area (Å²) in [6.07, 6.45) is 1.85. The van der Waals surface area contributed by atoms with Crippen molar-refractivity contribution >= 4 is 28.7 Å². The molecule has 6 heteroatoms. The number of ether oxygens (including phenoxy) is 1. The molecule has 0 radical (unpaired) electrons. The van der Waals surface area contributed by atoms with Crippen LogP contribution in [0, 0.1) is 0 Å². The molecule has 0 amide bonds. The molecule has 2 aromatic heterocycles. The minimum absolute atomic E-state index is 0.0213. The predicted molar refractivity (Wildman–Crippen MR) is 71.5 cm³/mol. The van der Waals surface area contributed by atoms with Crippen LogP contribution in [0.5, 0.6) is 0 Å². The van der Waals surface area contributed by atoms with Crippen molar-refractivity contribution in [3.63, 3.8) is 0 Å². The first-order valence-corrected chi connectivity index (χ1v) is 6.79. The lowest BCUT2D eigenvalue weighted by molar-refractivity contribution is 0.0979. The maximum atomic E-state index is 12.2. The summed E-state index contributed by atoms with van der Waals surface area (Å²) in [6, 6.07) is 1.94. The SMILES string of the molecule is COCCn1ncc(Cl)c1C(=O)Cc1ccsc1. The van der Waals surface area contributed by atoms with E-state index in [9.17, 15) is 4.79 Å². The third kappa shape index (κ3) is 2.98. The first kappa shape index (κ1) is 13.3. The van der Waals surface area contributed by atoms with Crippen LogP contribution in [0.2, 0.25) is 5.02 Å². The van der Waals surface area contributed by atoms with Gasteiger partial charge in [-0.1, -0.05) is 11.6 Å². The number of thiophene rings is 1. The van der Waals surface area contributed by atoms with Crippen LogP contribution in [0.4, 0.5) is 0 Å². The zero-order valence-electron chi connectivity index (χ0n) is 9.93. The van der Waals surface area contributed by atoms with Gasteiger partial charge in [-0.05, 0) is 22.4 Å². The normalized spacial score (nSPS) is 10.8. The Morgan fingerprint density at radius 1 is 1.61 bits per heavy atom. The number of nitrogens with zero attached hydrogens (tertiary/aromatic N) is 2. The second-order valence-corrected chi connectivity index (χ2v) is 4.98. The summed E-state index contributed by atoms with van der Waals surface area (Å²) in [5.41, 5.74) is 1.46. The van der Waals surface area contributed by atoms with Gasteiger partial charge in [0.25, 0.3) is 0 Å². The lowest BCUT2D eigenvalue weighted by Crippen LogP contribution is -2.15. The molecule has 0 atom stereocenters. The van der Waals surface area contributed by atoms with Gasteiger partial charge in [-0.25, -0.2) is 0 Å². The number of aromatic nitrogens is 2. The number of hydrogen-bond donors (Lipinski definition) is 0. The van der Waals surface area contributed by atoms with E-state index in [0.29, 0.717) is 30.3 Å². The number of methoxy groups -OCH3 is 1. The van der Waals surface area contributed by atoms with E-state index in [-0.39, 0.29) is 5.78 Å². The fraction of sp³-hybridized carbons (Fsp3) is 0.333. The molecule has 96 valence electrons. The Morgan fingerprint density at radius 2 is 2.44 bits per heavy atom. The summed E-state index contributed by atoms with van der Waals surface area (Å²) < 4.78 is 6.58. The minimum Gasteiger partial charge on any atom is -0.383 e. The Kier molecular flexibility index (Phi) is 4.52. The molecule has 0 bridgehead atoms. The molecular formula is C12H13ClN2O2S. The van der Waals surface area contributed by atoms with Crippen LogP contribution in [0.15, 0.2) is 23.0 Å². The number of ketones is 1. The quantitative estimate of drug-likeness (QED) is 0.766. The second kappa shape index (κ2) is 6.13. The van der Waals surface area contributed by atoms with E-state index in [1.165, 1.54) is 6.20 Å². The van der Waals surface area contributed by atoms with Gasteiger partial charge in [-0.15, -0.1) is 0 Å². The molecule has 0 aliphatic rings. The minimum atomic E-state index is -0.0213. The molecule has 4 nitrogen and oxygen atoms in total. The maximum absolute atomic E-state index is 12.2. The van der Waals surface area contributed by atoms with Gasteiger partial charge in [-0.3, -0.25) is 9.48 Å². The van der Waals surface area contributed by atoms with Gasteiger partial charge in [0.15, 0.2) is 5.78 Å². The highest BCUT2D eigenvalue weighted by molar-refractivity contribution is 7.08. The molecule has 0 N–H and O–H groups in total. The fourth-order valence-corrected chi connectivity index (χ4v) is 2.56. The monoisotopic (exact) mass is 284 g/mol. The summed E-state index contributed by atoms with van der Waals surface area (Å²) >= 11 is 7.59. The lowest BCUT2D eigenvalue weighted by atomic mass is 10.1. The van der Waals surface area contributed by atoms with Gasteiger partial charge in [0.2, 0.25) is 0 Å². The third-order valence-corrected chi connectivity index (χ3v) is 3.52. The van der Waals surface area contributed by atoms with Crippen LogP contribution < -0.4 is 0 Å². The molecule has 18 heavy (non-hydrogen) atoms. The number of carbonyl (C=O) groups is 1. The van der Waals surface area contributed by atoms with E-state index in [1.54, 1.807) is 23.1 Å². The number of hydrogen-bond acceptors (Lipinski definition) is 4. The van der Waals surface area contributed by atoms with Gasteiger partial charge in [0.05, 0.1) is 24.4 Å². The Morgan fingerprint density at radius 3 is 3.11 bits per heavy atom. The molecule has 2 aromatic rings. The highest BCUT2D eigenvalue weighted by atomic mass is 35.5. The fourth-order valence-electron chi connectivity index (χ4n) is 1.65. The molecule has 0 saturated heterocycles. The summed E-state index contributed by atoms with van der Waals surface area (Å²) in [7, 11) is 1.61. The zero-order valence-corrected chi connectivity index (χ0v) is 11.5. The van der Waals surface area contributed by atoms with Crippen LogP contribution in [-0.2, 0) is 17.7 Å². The van der Waals surface area contributed by atoms with Crippen molar-refractivity contribution in [1.82, 2.24) is 9.78 Å². The third-order valence-electron chi connectivity index (χ3n) is 2.51. The van der Waals surface area contributed by atoms with E-state index in [4.69, 9.17) is 16.3 Å². The second-order valence-electron chi connectivity index (χ2n) is 3.79. The highest BCUT2D eigenvalue weighted by Gasteiger charge is 2.17. The van der Waals surface area contributed by atoms with Crippen molar-refractivity contribution in [2.24, 2.45) is 0 Å². The molecule has 0 fully saturated rings. The van der Waals surface area contributed by atoms with Gasteiger partial charge in [0, 0.05) is 13.5 Å². The van der Waals surface area contributed by atoms with Crippen molar-refractivity contribution in [1.29, 1.82) is 0 Å². The smallest absolute Gasteiger partial charge is 0.186 e. The number of rotatable bonds is 6. The van der Waals surface area contributed by atoms with E-state index >= 15 is 0 Å². The van der Waals surface area contributed by atoms with E-state index in [2.05, 4.69) is 5.10 Å². The Labute approximate surface area is 114 Å². The molecular weight excluding hydrogens is 272 g/mol. The molecule has 0 aliphatic carbocycles. The number of halogens is 1. The topological polar surface area (TPSA) is 44.1 Å². The van der Waals surface area contributed by atoms with Crippen molar-refractivity contribution in [3.8, 4) is 0 Å². The Balaban J connectivity index is 2.15. The summed E-state index contributed by atoms with van der Waals surface area (Å²) in [4.78, 5) is 12.2. The molecule has 0 unspecified atom stereocenters. The number of carbonyl (C=O) groups excluding carboxylic acids is 1. The standard InChI is InChI=1S/C12H13ClN2O2S/c1-17-4-3-15-12(10(13)7-14-15)11(16)6-9-2-5-18-8-9/h2,5,7-8H,3-4,6H2,1H3. The van der Waals surface area contributed by atoms with Crippen LogP contribution in [0.25, 0.3) is 0 Å². The summed E-state index contributed by atoms with van der Waals surface area (Å²) in [5.74, 6) is -0.0213. The summed E-state index contributed by atoms with van der Waals surface area (Å²) in [5, 5.41) is 8.40. The average Bonchev–Trinajstić information content (AvgIpc) is 2.96. The molecule has 0 saturated carbocycles. The van der Waals surface area contributed by atoms with E-state index < -0.39 is 0 Å². The van der Waals surface area contributed by atoms with E-state index in [0.717, 1.165) is 5.56 Å². The molecule has 0 aromatic carbocycles. The molecule has 2 rings (SSSR count). The van der Waals surface area contributed by atoms with Crippen molar-refractivity contribution in [2.75, 3.05) is 13.7 Å². The molecule has 0 spiro atoms. The van der Waals surface area contributed by atoms with Crippen molar-refractivity contribution in [3.05, 3.63) is 39.3 Å². The Bertz CT molecular complexity index is 522. The highest BCUT2D eigenvalue weighted by Crippen LogP contribution is 2.18. The van der Waals surface area contributed by atoms with Crippen molar-refractivity contribution < 1.29 is 9.53 Å². The molecule has 0 aliphatic heterocycles. The van der Waals surface area contributed by atoms with Gasteiger partial charge >= 0.3 is 0 Å². The van der Waals surface area contributed by atoms with Crippen molar-refractivity contribution in [2.45, 2.75) is 13.0 Å². The lowest BCUT2D eigenvalue weighted by Gasteiger charge is -2.06. The first-order chi connectivity index (χ1) is 8.72. The van der Waals surface area contributed by atoms with Crippen LogP contribution >= 0.6 is 22.9 Å². The maximum Gasteiger partial charge on any atom is 0.186 e. The number of Topliss-reactive ketones (excluding diaryl/α,β-unsaturated/α-hetero) is 1. The van der Waals surface area contributed by atoms with Crippen LogP contribution in [0.1, 0.15) is 16.1 Å². The predicted octanol–water partition coefficient (Wildman–Crippen LogP) is 2.67. The zero-order chi connectivity index (χ0) is 13.0. The van der Waals surface area contributed by atoms with E-state index in [1.807, 2.05) is 16.8 Å². The van der Waals surface area contributed by atoms with Gasteiger partial charge in [-0.2, -0.15) is 16.4 Å². The van der Waals surface area contributed by atoms with Crippen LogP contribution in [0.3, 0.4) is 0 Å². The van der Waals surface area contributed by atoms with Gasteiger partial charge < -0.3 is 4.74 Å².